The van der Waals surface area contributed by atoms with Crippen molar-refractivity contribution in [2.24, 2.45) is 0 Å². The van der Waals surface area contributed by atoms with Gasteiger partial charge in [-0.25, -0.2) is 0 Å². The molecule has 0 bridgehead atoms. The lowest BCUT2D eigenvalue weighted by molar-refractivity contribution is -0.117. The molecule has 0 saturated carbocycles. The highest BCUT2D eigenvalue weighted by atomic mass is 35.5. The lowest BCUT2D eigenvalue weighted by atomic mass is 10.1. The Morgan fingerprint density at radius 3 is 2.48 bits per heavy atom. The highest BCUT2D eigenvalue weighted by Crippen LogP contribution is 2.42. The first-order chi connectivity index (χ1) is 16.0. The van der Waals surface area contributed by atoms with Gasteiger partial charge in [0.15, 0.2) is 0 Å². The zero-order valence-electron chi connectivity index (χ0n) is 17.8. The number of nitriles is 1. The summed E-state index contributed by atoms with van der Waals surface area (Å²) in [5.41, 5.74) is 3.03. The van der Waals surface area contributed by atoms with Gasteiger partial charge in [0, 0.05) is 16.4 Å². The monoisotopic (exact) mass is 473 g/mol. The number of hydrogen-bond donors (Lipinski definition) is 1. The van der Waals surface area contributed by atoms with Crippen molar-refractivity contribution >= 4 is 46.6 Å². The van der Waals surface area contributed by atoms with Crippen LogP contribution in [0.3, 0.4) is 0 Å². The molecule has 1 atom stereocenters. The molecular formula is C26H20ClN3O2S. The number of aryl methyl sites for hydroxylation is 1. The number of nitrogens with one attached hydrogen (secondary N) is 1. The zero-order valence-corrected chi connectivity index (χ0v) is 19.4. The Bertz CT molecular complexity index is 1270. The second kappa shape index (κ2) is 9.95. The number of nitrogens with zero attached hydrogens (tertiary/aromatic N) is 2. The second-order valence-corrected chi connectivity index (χ2v) is 9.19. The van der Waals surface area contributed by atoms with Crippen LogP contribution in [0.5, 0.6) is 0 Å². The molecule has 3 aromatic rings. The smallest absolute Gasteiger partial charge is 0.269 e. The minimum absolute atomic E-state index is 0.105. The van der Waals surface area contributed by atoms with Gasteiger partial charge in [-0.1, -0.05) is 71.4 Å². The van der Waals surface area contributed by atoms with E-state index < -0.39 is 11.2 Å². The van der Waals surface area contributed by atoms with E-state index in [1.807, 2.05) is 61.5 Å². The van der Waals surface area contributed by atoms with E-state index in [1.54, 1.807) is 30.3 Å². The molecule has 3 aromatic carbocycles. The number of amides is 2. The normalized spacial score (nSPS) is 16.9. The molecule has 0 spiro atoms. The van der Waals surface area contributed by atoms with Crippen molar-refractivity contribution in [2.75, 3.05) is 10.2 Å². The molecule has 164 valence electrons. The fourth-order valence-corrected chi connectivity index (χ4v) is 5.03. The van der Waals surface area contributed by atoms with Gasteiger partial charge in [-0.2, -0.15) is 5.26 Å². The largest absolute Gasteiger partial charge is 0.321 e. The van der Waals surface area contributed by atoms with Gasteiger partial charge >= 0.3 is 0 Å². The van der Waals surface area contributed by atoms with Crippen LogP contribution in [0.1, 0.15) is 11.1 Å². The summed E-state index contributed by atoms with van der Waals surface area (Å²) in [7, 11) is 0. The summed E-state index contributed by atoms with van der Waals surface area (Å²) < 4.78 is 0. The number of thioether (sulfide) groups is 1. The van der Waals surface area contributed by atoms with Crippen molar-refractivity contribution in [1.82, 2.24) is 0 Å². The topological polar surface area (TPSA) is 73.2 Å². The first-order valence-electron chi connectivity index (χ1n) is 10.3. The van der Waals surface area contributed by atoms with E-state index in [4.69, 9.17) is 11.6 Å². The Labute approximate surface area is 201 Å². The van der Waals surface area contributed by atoms with Crippen molar-refractivity contribution < 1.29 is 9.59 Å². The van der Waals surface area contributed by atoms with Crippen molar-refractivity contribution in [3.05, 3.63) is 106 Å². The maximum absolute atomic E-state index is 13.5. The summed E-state index contributed by atoms with van der Waals surface area (Å²) in [5, 5.41) is 13.1. The highest BCUT2D eigenvalue weighted by Gasteiger charge is 2.40. The Balaban J connectivity index is 1.73. The molecule has 1 aliphatic rings. The Morgan fingerprint density at radius 1 is 1.09 bits per heavy atom. The number of benzene rings is 3. The number of carbonyl (C=O) groups is 2. The van der Waals surface area contributed by atoms with Gasteiger partial charge in [0.05, 0.1) is 5.25 Å². The van der Waals surface area contributed by atoms with Crippen LogP contribution in [0.25, 0.3) is 0 Å². The quantitative estimate of drug-likeness (QED) is 0.380. The second-order valence-electron chi connectivity index (χ2n) is 7.56. The molecule has 1 saturated heterocycles. The molecule has 7 heteroatoms. The minimum Gasteiger partial charge on any atom is -0.321 e. The van der Waals surface area contributed by atoms with Crippen molar-refractivity contribution in [2.45, 2.75) is 18.6 Å². The van der Waals surface area contributed by atoms with Gasteiger partial charge in [0.2, 0.25) is 5.91 Å². The molecule has 0 radical (unpaired) electrons. The summed E-state index contributed by atoms with van der Waals surface area (Å²) in [6.07, 6.45) is 0.426. The summed E-state index contributed by atoms with van der Waals surface area (Å²) in [4.78, 5) is 28.0. The molecule has 4 rings (SSSR count). The van der Waals surface area contributed by atoms with Crippen LogP contribution in [0.2, 0.25) is 5.02 Å². The molecule has 1 fully saturated rings. The molecule has 0 aliphatic carbocycles. The standard InChI is InChI=1S/C26H20ClN3O2S/c1-17-10-12-21(13-11-17)30-25(32)23(15-18-6-5-7-19(27)14-18)33-26(30)22(16-28)24(31)29-20-8-3-2-4-9-20/h2-14,23H,15H2,1H3,(H,29,31)/b26-22+/t23-/m0/s1. The maximum Gasteiger partial charge on any atom is 0.269 e. The van der Waals surface area contributed by atoms with Crippen LogP contribution in [0.4, 0.5) is 11.4 Å². The predicted octanol–water partition coefficient (Wildman–Crippen LogP) is 5.71. The molecule has 5 nitrogen and oxygen atoms in total. The average molecular weight is 474 g/mol. The van der Waals surface area contributed by atoms with Crippen LogP contribution in [0.15, 0.2) is 89.5 Å². The van der Waals surface area contributed by atoms with Gasteiger partial charge in [-0.15, -0.1) is 0 Å². The van der Waals surface area contributed by atoms with Crippen LogP contribution in [0, 0.1) is 18.3 Å². The third-order valence-corrected chi connectivity index (χ3v) is 6.64. The molecule has 33 heavy (non-hydrogen) atoms. The lowest BCUT2D eigenvalue weighted by Gasteiger charge is -2.19. The highest BCUT2D eigenvalue weighted by molar-refractivity contribution is 8.05. The van der Waals surface area contributed by atoms with E-state index in [0.717, 1.165) is 11.1 Å². The molecule has 0 aromatic heterocycles. The molecule has 1 heterocycles. The van der Waals surface area contributed by atoms with Crippen LogP contribution < -0.4 is 10.2 Å². The average Bonchev–Trinajstić information content (AvgIpc) is 3.11. The Hall–Kier alpha value is -3.53. The Kier molecular flexibility index (Phi) is 6.83. The summed E-state index contributed by atoms with van der Waals surface area (Å²) in [6, 6.07) is 25.7. The fraction of sp³-hybridized carbons (Fsp3) is 0.115. The minimum atomic E-state index is -0.556. The van der Waals surface area contributed by atoms with Crippen molar-refractivity contribution in [1.29, 1.82) is 5.26 Å². The number of para-hydroxylation sites is 1. The molecule has 1 N–H and O–H groups in total. The third-order valence-electron chi connectivity index (χ3n) is 5.14. The number of hydrogen-bond acceptors (Lipinski definition) is 4. The summed E-state index contributed by atoms with van der Waals surface area (Å²) in [5.74, 6) is -0.737. The van der Waals surface area contributed by atoms with Gasteiger partial charge < -0.3 is 5.32 Å². The van der Waals surface area contributed by atoms with E-state index in [9.17, 15) is 14.9 Å². The van der Waals surface area contributed by atoms with Gasteiger partial charge in [0.25, 0.3) is 5.91 Å². The maximum atomic E-state index is 13.5. The van der Waals surface area contributed by atoms with E-state index in [-0.39, 0.29) is 11.5 Å². The first kappa shape index (κ1) is 22.7. The van der Waals surface area contributed by atoms with Crippen LogP contribution in [-0.2, 0) is 16.0 Å². The number of rotatable bonds is 5. The first-order valence-corrected chi connectivity index (χ1v) is 11.5. The fourth-order valence-electron chi connectivity index (χ4n) is 3.51. The summed E-state index contributed by atoms with van der Waals surface area (Å²) >= 11 is 7.35. The van der Waals surface area contributed by atoms with Gasteiger partial charge in [0.1, 0.15) is 16.7 Å². The molecule has 1 aliphatic heterocycles. The molecule has 0 unspecified atom stereocenters. The van der Waals surface area contributed by atoms with E-state index in [2.05, 4.69) is 5.32 Å². The van der Waals surface area contributed by atoms with Crippen LogP contribution in [-0.4, -0.2) is 17.1 Å². The van der Waals surface area contributed by atoms with Crippen molar-refractivity contribution in [3.8, 4) is 6.07 Å². The van der Waals surface area contributed by atoms with E-state index >= 15 is 0 Å². The van der Waals surface area contributed by atoms with Gasteiger partial charge in [-0.05, 0) is 55.3 Å². The van der Waals surface area contributed by atoms with E-state index in [0.29, 0.717) is 27.8 Å². The predicted molar refractivity (Wildman–Crippen MR) is 133 cm³/mol. The number of halogens is 1. The SMILES string of the molecule is Cc1ccc(N2C(=O)[C@H](Cc3cccc(Cl)c3)S/C2=C(\C#N)C(=O)Nc2ccccc2)cc1. The molecule has 2 amide bonds. The number of carbonyl (C=O) groups excluding carboxylic acids is 2. The summed E-state index contributed by atoms with van der Waals surface area (Å²) in [6.45, 7) is 1.96. The van der Waals surface area contributed by atoms with E-state index in [1.165, 1.54) is 16.7 Å². The Morgan fingerprint density at radius 2 is 1.82 bits per heavy atom. The van der Waals surface area contributed by atoms with Crippen LogP contribution >= 0.6 is 23.4 Å². The number of anilines is 2. The van der Waals surface area contributed by atoms with Gasteiger partial charge in [-0.3, -0.25) is 14.5 Å². The third kappa shape index (κ3) is 5.11. The zero-order chi connectivity index (χ0) is 23.4. The lowest BCUT2D eigenvalue weighted by Crippen LogP contribution is -2.30. The molecular weight excluding hydrogens is 454 g/mol. The van der Waals surface area contributed by atoms with Crippen molar-refractivity contribution in [3.63, 3.8) is 0 Å².